The van der Waals surface area contributed by atoms with Gasteiger partial charge >= 0.3 is 0 Å². The number of hydrogen-bond acceptors (Lipinski definition) is 3. The second-order valence-corrected chi connectivity index (χ2v) is 7.83. The topological polar surface area (TPSA) is 40.6 Å². The number of carbonyl (C=O) groups is 2. The highest BCUT2D eigenvalue weighted by atomic mass is 32.2. The van der Waals surface area contributed by atoms with Crippen molar-refractivity contribution in [2.24, 2.45) is 0 Å². The first kappa shape index (κ1) is 14.2. The average Bonchev–Trinajstić information content (AvgIpc) is 3.10. The maximum absolute atomic E-state index is 12.9. The van der Waals surface area contributed by atoms with Crippen molar-refractivity contribution < 1.29 is 9.59 Å². The van der Waals surface area contributed by atoms with Crippen LogP contribution in [0.3, 0.4) is 0 Å². The molecule has 4 nitrogen and oxygen atoms in total. The molecule has 5 heteroatoms. The predicted octanol–water partition coefficient (Wildman–Crippen LogP) is 2.23. The molecule has 2 atom stereocenters. The summed E-state index contributed by atoms with van der Waals surface area (Å²) in [5.74, 6) is 1.12. The molecule has 2 heterocycles. The standard InChI is InChI=1S/C15H24N2O2S/c1-3-16(11-6-4-5-7-11)14(19)12-10-20-15(2)9-8-13(18)17(12)15/h11-12H,3-10H2,1-2H3/t12-,15-/m0/s1. The molecule has 0 radical (unpaired) electrons. The average molecular weight is 296 g/mol. The van der Waals surface area contributed by atoms with Gasteiger partial charge in [-0.25, -0.2) is 0 Å². The minimum Gasteiger partial charge on any atom is -0.338 e. The van der Waals surface area contributed by atoms with Crippen LogP contribution < -0.4 is 0 Å². The first-order valence-corrected chi connectivity index (χ1v) is 8.82. The van der Waals surface area contributed by atoms with Crippen molar-refractivity contribution in [2.75, 3.05) is 12.3 Å². The van der Waals surface area contributed by atoms with Crippen LogP contribution in [0.25, 0.3) is 0 Å². The molecule has 3 rings (SSSR count). The van der Waals surface area contributed by atoms with E-state index in [4.69, 9.17) is 0 Å². The molecule has 0 unspecified atom stereocenters. The highest BCUT2D eigenvalue weighted by Gasteiger charge is 2.53. The van der Waals surface area contributed by atoms with Crippen LogP contribution in [0.4, 0.5) is 0 Å². The van der Waals surface area contributed by atoms with Crippen LogP contribution in [0, 0.1) is 0 Å². The lowest BCUT2D eigenvalue weighted by Crippen LogP contribution is -2.53. The van der Waals surface area contributed by atoms with Gasteiger partial charge in [0.2, 0.25) is 11.8 Å². The molecule has 0 aromatic heterocycles. The molecular formula is C15H24N2O2S. The number of fused-ring (bicyclic) bond motifs is 1. The van der Waals surface area contributed by atoms with Gasteiger partial charge in [0, 0.05) is 24.8 Å². The van der Waals surface area contributed by atoms with Crippen molar-refractivity contribution >= 4 is 23.6 Å². The van der Waals surface area contributed by atoms with E-state index in [9.17, 15) is 9.59 Å². The minimum absolute atomic E-state index is 0.132. The predicted molar refractivity (Wildman–Crippen MR) is 80.4 cm³/mol. The van der Waals surface area contributed by atoms with Crippen LogP contribution >= 0.6 is 11.8 Å². The normalized spacial score (nSPS) is 33.8. The van der Waals surface area contributed by atoms with Gasteiger partial charge < -0.3 is 9.80 Å². The molecule has 0 N–H and O–H groups in total. The van der Waals surface area contributed by atoms with Crippen LogP contribution in [-0.2, 0) is 9.59 Å². The lowest BCUT2D eigenvalue weighted by molar-refractivity contribution is -0.145. The number of rotatable bonds is 3. The molecule has 0 spiro atoms. The Morgan fingerprint density at radius 3 is 2.80 bits per heavy atom. The molecule has 0 aromatic carbocycles. The summed E-state index contributed by atoms with van der Waals surface area (Å²) in [6, 6.07) is 0.183. The van der Waals surface area contributed by atoms with E-state index in [1.807, 2.05) is 9.80 Å². The summed E-state index contributed by atoms with van der Waals surface area (Å²) in [6.45, 7) is 4.94. The Morgan fingerprint density at radius 1 is 1.45 bits per heavy atom. The largest absolute Gasteiger partial charge is 0.338 e. The van der Waals surface area contributed by atoms with Gasteiger partial charge in [-0.2, -0.15) is 0 Å². The molecule has 0 bridgehead atoms. The highest BCUT2D eigenvalue weighted by Crippen LogP contribution is 2.47. The van der Waals surface area contributed by atoms with Gasteiger partial charge in [0.25, 0.3) is 0 Å². The summed E-state index contributed by atoms with van der Waals surface area (Å²) >= 11 is 1.78. The molecular weight excluding hydrogens is 272 g/mol. The monoisotopic (exact) mass is 296 g/mol. The summed E-state index contributed by atoms with van der Waals surface area (Å²) in [4.78, 5) is 28.9. The van der Waals surface area contributed by atoms with Crippen LogP contribution in [-0.4, -0.2) is 50.9 Å². The van der Waals surface area contributed by atoms with Gasteiger partial charge in [-0.1, -0.05) is 12.8 Å². The van der Waals surface area contributed by atoms with Crippen LogP contribution in [0.2, 0.25) is 0 Å². The zero-order valence-electron chi connectivity index (χ0n) is 12.4. The van der Waals surface area contributed by atoms with E-state index in [1.165, 1.54) is 12.8 Å². The van der Waals surface area contributed by atoms with E-state index in [1.54, 1.807) is 11.8 Å². The molecule has 0 aromatic rings. The number of hydrogen-bond donors (Lipinski definition) is 0. The van der Waals surface area contributed by atoms with E-state index < -0.39 is 0 Å². The fourth-order valence-corrected chi connectivity index (χ4v) is 5.43. The number of carbonyl (C=O) groups excluding carboxylic acids is 2. The van der Waals surface area contributed by atoms with E-state index in [0.717, 1.165) is 31.6 Å². The van der Waals surface area contributed by atoms with Crippen molar-refractivity contribution in [3.63, 3.8) is 0 Å². The van der Waals surface area contributed by atoms with Gasteiger partial charge in [-0.3, -0.25) is 9.59 Å². The Hall–Kier alpha value is -0.710. The van der Waals surface area contributed by atoms with E-state index in [0.29, 0.717) is 12.5 Å². The molecule has 3 aliphatic rings. The van der Waals surface area contributed by atoms with Gasteiger partial charge in [0.1, 0.15) is 6.04 Å². The summed E-state index contributed by atoms with van der Waals surface area (Å²) in [6.07, 6.45) is 6.20. The summed E-state index contributed by atoms with van der Waals surface area (Å²) < 4.78 is 0. The van der Waals surface area contributed by atoms with E-state index in [-0.39, 0.29) is 22.7 Å². The number of thioether (sulfide) groups is 1. The molecule has 112 valence electrons. The second kappa shape index (κ2) is 5.24. The zero-order valence-corrected chi connectivity index (χ0v) is 13.2. The quantitative estimate of drug-likeness (QED) is 0.802. The molecule has 2 aliphatic heterocycles. The number of nitrogens with zero attached hydrogens (tertiary/aromatic N) is 2. The summed E-state index contributed by atoms with van der Waals surface area (Å²) in [5, 5.41) is 0. The number of amides is 2. The summed E-state index contributed by atoms with van der Waals surface area (Å²) in [7, 11) is 0. The highest BCUT2D eigenvalue weighted by molar-refractivity contribution is 8.01. The maximum Gasteiger partial charge on any atom is 0.246 e. The molecule has 2 amide bonds. The second-order valence-electron chi connectivity index (χ2n) is 6.33. The third kappa shape index (κ3) is 2.14. The van der Waals surface area contributed by atoms with Crippen LogP contribution in [0.15, 0.2) is 0 Å². The fraction of sp³-hybridized carbons (Fsp3) is 0.867. The Balaban J connectivity index is 1.78. The Labute approximate surface area is 125 Å². The Bertz CT molecular complexity index is 422. The lowest BCUT2D eigenvalue weighted by atomic mass is 10.1. The Morgan fingerprint density at radius 2 is 2.15 bits per heavy atom. The van der Waals surface area contributed by atoms with Crippen molar-refractivity contribution in [1.82, 2.24) is 9.80 Å². The van der Waals surface area contributed by atoms with Gasteiger partial charge in [-0.15, -0.1) is 11.8 Å². The number of likely N-dealkylation sites (N-methyl/N-ethyl adjacent to an activating group) is 1. The summed E-state index contributed by atoms with van der Waals surface area (Å²) in [5.41, 5.74) is 0. The molecule has 3 fully saturated rings. The van der Waals surface area contributed by atoms with Gasteiger partial charge in [0.05, 0.1) is 4.87 Å². The van der Waals surface area contributed by atoms with E-state index in [2.05, 4.69) is 13.8 Å². The third-order valence-corrected chi connectivity index (χ3v) is 6.62. The van der Waals surface area contributed by atoms with Gasteiger partial charge in [0.15, 0.2) is 0 Å². The molecule has 2 saturated heterocycles. The van der Waals surface area contributed by atoms with E-state index >= 15 is 0 Å². The van der Waals surface area contributed by atoms with Gasteiger partial charge in [-0.05, 0) is 33.1 Å². The minimum atomic E-state index is -0.222. The van der Waals surface area contributed by atoms with Crippen molar-refractivity contribution in [1.29, 1.82) is 0 Å². The van der Waals surface area contributed by atoms with Crippen LogP contribution in [0.5, 0.6) is 0 Å². The fourth-order valence-electron chi connectivity index (χ4n) is 4.00. The first-order chi connectivity index (χ1) is 9.57. The van der Waals surface area contributed by atoms with Crippen molar-refractivity contribution in [3.8, 4) is 0 Å². The lowest BCUT2D eigenvalue weighted by Gasteiger charge is -2.35. The van der Waals surface area contributed by atoms with Crippen LogP contribution in [0.1, 0.15) is 52.4 Å². The first-order valence-electron chi connectivity index (χ1n) is 7.83. The Kier molecular flexibility index (Phi) is 3.73. The molecule has 20 heavy (non-hydrogen) atoms. The molecule has 1 aliphatic carbocycles. The smallest absolute Gasteiger partial charge is 0.246 e. The van der Waals surface area contributed by atoms with Crippen molar-refractivity contribution in [3.05, 3.63) is 0 Å². The third-order valence-electron chi connectivity index (χ3n) is 5.12. The zero-order chi connectivity index (χ0) is 14.3. The SMILES string of the molecule is CCN(C(=O)[C@@H]1CS[C@@]2(C)CCC(=O)N12)C1CCCC1. The maximum atomic E-state index is 12.9. The van der Waals surface area contributed by atoms with Crippen molar-refractivity contribution in [2.45, 2.75) is 69.3 Å². The molecule has 1 saturated carbocycles.